The highest BCUT2D eigenvalue weighted by molar-refractivity contribution is 6.22. The second kappa shape index (κ2) is 8.70. The summed E-state index contributed by atoms with van der Waals surface area (Å²) >= 11 is 3.41. The number of hydrogen-bond acceptors (Lipinski definition) is 2. The molecule has 0 fully saturated rings. The van der Waals surface area contributed by atoms with Crippen LogP contribution in [0.2, 0.25) is 0 Å². The van der Waals surface area contributed by atoms with Crippen LogP contribution in [0.1, 0.15) is 20.3 Å². The SMILES string of the molecule is CCOC(=O)C(C)CC(F)(F)C(F)(F)C(F)(F)C(F)(F)C(F)(F)C(F)(F)C(F)(F)C(F)(F)Cl. The van der Waals surface area contributed by atoms with Crippen molar-refractivity contribution in [2.24, 2.45) is 5.92 Å². The largest absolute Gasteiger partial charge is 0.466 e. The molecule has 0 aromatic rings. The molecule has 0 amide bonds. The van der Waals surface area contributed by atoms with Crippen LogP contribution in [0.4, 0.5) is 70.2 Å². The van der Waals surface area contributed by atoms with E-state index in [0.717, 1.165) is 6.92 Å². The number of ether oxygens (including phenoxy) is 1. The molecule has 0 aliphatic heterocycles. The van der Waals surface area contributed by atoms with Gasteiger partial charge in [-0.1, -0.05) is 6.92 Å². The molecule has 0 N–H and O–H groups in total. The lowest BCUT2D eigenvalue weighted by molar-refractivity contribution is -0.449. The molecule has 0 aromatic heterocycles. The van der Waals surface area contributed by atoms with E-state index in [9.17, 15) is 75.0 Å². The maximum Gasteiger partial charge on any atom is 0.393 e. The quantitative estimate of drug-likeness (QED) is 0.160. The number of carbonyl (C=O) groups excluding carboxylic acids is 1. The van der Waals surface area contributed by atoms with E-state index in [4.69, 9.17) is 0 Å². The lowest BCUT2D eigenvalue weighted by atomic mass is 9.87. The summed E-state index contributed by atoms with van der Waals surface area (Å²) in [6.45, 7) is 0.776. The minimum absolute atomic E-state index is 0.310. The van der Waals surface area contributed by atoms with E-state index in [1.165, 1.54) is 0 Å². The minimum Gasteiger partial charge on any atom is -0.466 e. The van der Waals surface area contributed by atoms with Crippen LogP contribution in [0.3, 0.4) is 0 Å². The Kier molecular flexibility index (Phi) is 8.34. The number of hydrogen-bond donors (Lipinski definition) is 0. The Bertz CT molecular complexity index is 714. The molecule has 0 bridgehead atoms. The molecule has 1 atom stereocenters. The normalized spacial score (nSPS) is 16.6. The van der Waals surface area contributed by atoms with Crippen molar-refractivity contribution in [3.05, 3.63) is 0 Å². The maximum absolute atomic E-state index is 13.7. The molecule has 0 heterocycles. The van der Waals surface area contributed by atoms with Crippen LogP contribution in [0.25, 0.3) is 0 Å². The standard InChI is InChI=1S/C14H11ClF16O2/c1-3-33-6(32)5(2)4-7(16,17)8(18,19)9(20,21)10(22,23)11(24,25)12(26,27)13(28,29)14(15,30)31/h5H,3-4H2,1-2H3. The van der Waals surface area contributed by atoms with Crippen molar-refractivity contribution in [3.8, 4) is 0 Å². The molecule has 0 saturated heterocycles. The van der Waals surface area contributed by atoms with Crippen LogP contribution in [0.15, 0.2) is 0 Å². The summed E-state index contributed by atoms with van der Waals surface area (Å²) in [5.41, 5.74) is 0. The fourth-order valence-electron chi connectivity index (χ4n) is 2.08. The third-order valence-corrected chi connectivity index (χ3v) is 4.28. The van der Waals surface area contributed by atoms with Gasteiger partial charge in [-0.15, -0.1) is 0 Å². The highest BCUT2D eigenvalue weighted by atomic mass is 35.5. The predicted molar refractivity (Wildman–Crippen MR) is 75.8 cm³/mol. The van der Waals surface area contributed by atoms with Crippen LogP contribution in [0.5, 0.6) is 0 Å². The Labute approximate surface area is 178 Å². The van der Waals surface area contributed by atoms with Crippen molar-refractivity contribution in [1.29, 1.82) is 0 Å². The molecule has 33 heavy (non-hydrogen) atoms. The zero-order valence-electron chi connectivity index (χ0n) is 15.7. The smallest absolute Gasteiger partial charge is 0.393 e. The van der Waals surface area contributed by atoms with Gasteiger partial charge in [0.25, 0.3) is 0 Å². The van der Waals surface area contributed by atoms with Crippen LogP contribution in [-0.2, 0) is 9.53 Å². The predicted octanol–water partition coefficient (Wildman–Crippen LogP) is 6.85. The first kappa shape index (κ1) is 31.6. The lowest BCUT2D eigenvalue weighted by Gasteiger charge is -2.43. The summed E-state index contributed by atoms with van der Waals surface area (Å²) in [5, 5.41) is -6.83. The number of rotatable bonds is 11. The molecule has 19 heteroatoms. The van der Waals surface area contributed by atoms with E-state index in [-0.39, 0.29) is 0 Å². The van der Waals surface area contributed by atoms with Gasteiger partial charge < -0.3 is 4.74 Å². The number of alkyl halides is 17. The second-order valence-corrected chi connectivity index (χ2v) is 6.98. The van der Waals surface area contributed by atoms with Gasteiger partial charge in [0.15, 0.2) is 0 Å². The Balaban J connectivity index is 6.56. The van der Waals surface area contributed by atoms with Gasteiger partial charge in [-0.25, -0.2) is 0 Å². The van der Waals surface area contributed by atoms with E-state index in [1.54, 1.807) is 0 Å². The summed E-state index contributed by atoms with van der Waals surface area (Å²) in [5.74, 6) is -60.0. The second-order valence-electron chi connectivity index (χ2n) is 6.51. The van der Waals surface area contributed by atoms with Crippen molar-refractivity contribution in [2.75, 3.05) is 6.61 Å². The summed E-state index contributed by atoms with van der Waals surface area (Å²) in [6.07, 6.45) is -2.80. The zero-order chi connectivity index (χ0) is 27.3. The highest BCUT2D eigenvalue weighted by Gasteiger charge is 2.94. The van der Waals surface area contributed by atoms with Crippen molar-refractivity contribution in [1.82, 2.24) is 0 Å². The summed E-state index contributed by atoms with van der Waals surface area (Å²) in [4.78, 5) is 11.2. The first-order chi connectivity index (χ1) is 14.1. The number of halogens is 17. The molecule has 2 nitrogen and oxygen atoms in total. The van der Waals surface area contributed by atoms with Crippen LogP contribution >= 0.6 is 11.6 Å². The van der Waals surface area contributed by atoms with Crippen molar-refractivity contribution >= 4 is 17.6 Å². The first-order valence-electron chi connectivity index (χ1n) is 7.99. The first-order valence-corrected chi connectivity index (χ1v) is 8.37. The van der Waals surface area contributed by atoms with E-state index < -0.39 is 71.8 Å². The highest BCUT2D eigenvalue weighted by Crippen LogP contribution is 2.64. The number of esters is 1. The van der Waals surface area contributed by atoms with E-state index >= 15 is 0 Å². The number of carbonyl (C=O) groups is 1. The molecule has 0 aliphatic carbocycles. The van der Waals surface area contributed by atoms with Crippen LogP contribution in [0, 0.1) is 5.92 Å². The molecule has 1 unspecified atom stereocenters. The fourth-order valence-corrected chi connectivity index (χ4v) is 2.20. The van der Waals surface area contributed by atoms with E-state index in [0.29, 0.717) is 6.92 Å². The Morgan fingerprint density at radius 2 is 0.970 bits per heavy atom. The van der Waals surface area contributed by atoms with Gasteiger partial charge in [-0.05, 0) is 18.5 Å². The van der Waals surface area contributed by atoms with E-state index in [2.05, 4.69) is 16.3 Å². The summed E-state index contributed by atoms with van der Waals surface area (Å²) in [6, 6.07) is 0. The monoisotopic (exact) mass is 550 g/mol. The molecule has 0 aromatic carbocycles. The molecule has 198 valence electrons. The van der Waals surface area contributed by atoms with Crippen molar-refractivity contribution < 1.29 is 79.8 Å². The average Bonchev–Trinajstić information content (AvgIpc) is 2.59. The van der Waals surface area contributed by atoms with E-state index in [1.807, 2.05) is 0 Å². The molecular formula is C14H11ClF16O2. The maximum atomic E-state index is 13.7. The third kappa shape index (κ3) is 4.63. The van der Waals surface area contributed by atoms with Gasteiger partial charge in [-0.2, -0.15) is 70.2 Å². The summed E-state index contributed by atoms with van der Waals surface area (Å²) < 4.78 is 217. The van der Waals surface area contributed by atoms with Gasteiger partial charge in [0.1, 0.15) is 0 Å². The van der Waals surface area contributed by atoms with Gasteiger partial charge in [0.05, 0.1) is 12.5 Å². The van der Waals surface area contributed by atoms with Crippen molar-refractivity contribution in [3.63, 3.8) is 0 Å². The lowest BCUT2D eigenvalue weighted by Crippen LogP contribution is -2.74. The molecule has 0 aliphatic rings. The zero-order valence-corrected chi connectivity index (χ0v) is 16.5. The molecule has 0 rings (SSSR count). The molecular weight excluding hydrogens is 540 g/mol. The topological polar surface area (TPSA) is 26.3 Å². The summed E-state index contributed by atoms with van der Waals surface area (Å²) in [7, 11) is 0. The fraction of sp³-hybridized carbons (Fsp3) is 0.929. The average molecular weight is 551 g/mol. The van der Waals surface area contributed by atoms with Crippen LogP contribution in [-0.4, -0.2) is 59.4 Å². The third-order valence-electron chi connectivity index (χ3n) is 4.04. The van der Waals surface area contributed by atoms with Gasteiger partial charge >= 0.3 is 52.8 Å². The Hall–Kier alpha value is -1.36. The van der Waals surface area contributed by atoms with Crippen LogP contribution < -0.4 is 0 Å². The van der Waals surface area contributed by atoms with Gasteiger partial charge in [-0.3, -0.25) is 4.79 Å². The molecule has 0 spiro atoms. The van der Waals surface area contributed by atoms with Gasteiger partial charge in [0, 0.05) is 6.42 Å². The molecule has 0 saturated carbocycles. The van der Waals surface area contributed by atoms with Crippen molar-refractivity contribution in [2.45, 2.75) is 67.1 Å². The van der Waals surface area contributed by atoms with Gasteiger partial charge in [0.2, 0.25) is 0 Å². The Morgan fingerprint density at radius 3 is 1.27 bits per heavy atom. The Morgan fingerprint density at radius 1 is 0.667 bits per heavy atom. The molecule has 0 radical (unpaired) electrons. The minimum atomic E-state index is -8.52.